The van der Waals surface area contributed by atoms with Gasteiger partial charge in [0.25, 0.3) is 10.0 Å². The molecular formula is C33H41N3O5S. The SMILES string of the molecule is COc1ccc(CN(C(=O)CN(c2ccccc2C)S(=O)(=O)c2ccc(C)cc2)[C@@H](C)C(=O)NC2CCCCC2)cc1. The van der Waals surface area contributed by atoms with E-state index in [9.17, 15) is 18.0 Å². The van der Waals surface area contributed by atoms with Crippen molar-refractivity contribution in [3.63, 3.8) is 0 Å². The molecule has 8 nitrogen and oxygen atoms in total. The van der Waals surface area contributed by atoms with Crippen LogP contribution in [0.25, 0.3) is 0 Å². The molecule has 1 aliphatic rings. The van der Waals surface area contributed by atoms with Crippen LogP contribution in [0.4, 0.5) is 5.69 Å². The first-order valence-electron chi connectivity index (χ1n) is 14.5. The number of carbonyl (C=O) groups excluding carboxylic acids is 2. The number of carbonyl (C=O) groups is 2. The van der Waals surface area contributed by atoms with Gasteiger partial charge in [-0.1, -0.05) is 67.3 Å². The van der Waals surface area contributed by atoms with Crippen molar-refractivity contribution in [1.82, 2.24) is 10.2 Å². The Labute approximate surface area is 249 Å². The van der Waals surface area contributed by atoms with Crippen LogP contribution in [0, 0.1) is 13.8 Å². The Morgan fingerprint density at radius 2 is 1.57 bits per heavy atom. The lowest BCUT2D eigenvalue weighted by Crippen LogP contribution is -2.53. The Morgan fingerprint density at radius 3 is 2.19 bits per heavy atom. The van der Waals surface area contributed by atoms with Crippen LogP contribution < -0.4 is 14.4 Å². The van der Waals surface area contributed by atoms with Gasteiger partial charge in [-0.25, -0.2) is 8.42 Å². The smallest absolute Gasteiger partial charge is 0.264 e. The summed E-state index contributed by atoms with van der Waals surface area (Å²) < 4.78 is 34.5. The lowest BCUT2D eigenvalue weighted by Gasteiger charge is -2.33. The Morgan fingerprint density at radius 1 is 0.929 bits per heavy atom. The fourth-order valence-corrected chi connectivity index (χ4v) is 6.75. The van der Waals surface area contributed by atoms with Crippen molar-refractivity contribution < 1.29 is 22.7 Å². The quantitative estimate of drug-likeness (QED) is 0.323. The zero-order chi connectivity index (χ0) is 30.3. The molecule has 0 saturated heterocycles. The van der Waals surface area contributed by atoms with Gasteiger partial charge in [0.05, 0.1) is 17.7 Å². The fraction of sp³-hybridized carbons (Fsp3) is 0.394. The van der Waals surface area contributed by atoms with Gasteiger partial charge in [-0.05, 0) is 75.1 Å². The number of amides is 2. The number of methoxy groups -OCH3 is 1. The van der Waals surface area contributed by atoms with Gasteiger partial charge < -0.3 is 15.0 Å². The standard InChI is InChI=1S/C33H41N3O5S/c1-24-14-20-30(21-15-24)42(39,40)36(31-13-9-8-10-25(31)2)23-32(37)35(22-27-16-18-29(41-4)19-17-27)26(3)33(38)34-28-11-6-5-7-12-28/h8-10,13-21,26,28H,5-7,11-12,22-23H2,1-4H3,(H,34,38)/t26-/m0/s1. The number of para-hydroxylation sites is 1. The molecule has 3 aromatic carbocycles. The molecule has 4 rings (SSSR count). The minimum Gasteiger partial charge on any atom is -0.497 e. The first-order valence-corrected chi connectivity index (χ1v) is 15.9. The second-order valence-corrected chi connectivity index (χ2v) is 12.9. The third-order valence-electron chi connectivity index (χ3n) is 7.90. The van der Waals surface area contributed by atoms with E-state index in [0.717, 1.165) is 47.5 Å². The number of hydrogen-bond donors (Lipinski definition) is 1. The van der Waals surface area contributed by atoms with Crippen LogP contribution in [0.2, 0.25) is 0 Å². The summed E-state index contributed by atoms with van der Waals surface area (Å²) in [6.45, 7) is 5.07. The van der Waals surface area contributed by atoms with Crippen molar-refractivity contribution in [3.05, 3.63) is 89.5 Å². The zero-order valence-electron chi connectivity index (χ0n) is 24.9. The Hall–Kier alpha value is -3.85. The predicted molar refractivity (Wildman–Crippen MR) is 165 cm³/mol. The highest BCUT2D eigenvalue weighted by Gasteiger charge is 2.33. The number of aryl methyl sites for hydroxylation is 2. The minimum absolute atomic E-state index is 0.0806. The molecule has 0 aliphatic heterocycles. The Balaban J connectivity index is 1.68. The van der Waals surface area contributed by atoms with Crippen molar-refractivity contribution in [2.45, 2.75) is 76.4 Å². The third kappa shape index (κ3) is 7.50. The van der Waals surface area contributed by atoms with Gasteiger partial charge in [-0.15, -0.1) is 0 Å². The van der Waals surface area contributed by atoms with Gasteiger partial charge in [0.2, 0.25) is 11.8 Å². The molecule has 3 aromatic rings. The van der Waals surface area contributed by atoms with E-state index in [1.165, 1.54) is 4.90 Å². The first kappa shape index (κ1) is 31.1. The normalized spacial score (nSPS) is 14.6. The van der Waals surface area contributed by atoms with Crippen LogP contribution in [0.3, 0.4) is 0 Å². The molecule has 1 atom stereocenters. The Bertz CT molecular complexity index is 1470. The topological polar surface area (TPSA) is 96.0 Å². The molecule has 224 valence electrons. The zero-order valence-corrected chi connectivity index (χ0v) is 25.7. The van der Waals surface area contributed by atoms with E-state index >= 15 is 0 Å². The highest BCUT2D eigenvalue weighted by Crippen LogP contribution is 2.28. The highest BCUT2D eigenvalue weighted by atomic mass is 32.2. The third-order valence-corrected chi connectivity index (χ3v) is 9.68. The maximum absolute atomic E-state index is 14.2. The van der Waals surface area contributed by atoms with E-state index < -0.39 is 28.5 Å². The van der Waals surface area contributed by atoms with Gasteiger partial charge in [0.15, 0.2) is 0 Å². The highest BCUT2D eigenvalue weighted by molar-refractivity contribution is 7.92. The van der Waals surface area contributed by atoms with E-state index in [1.807, 2.05) is 38.1 Å². The van der Waals surface area contributed by atoms with Crippen LogP contribution in [0.15, 0.2) is 77.7 Å². The number of anilines is 1. The first-order chi connectivity index (χ1) is 20.1. The summed E-state index contributed by atoms with van der Waals surface area (Å²) >= 11 is 0. The van der Waals surface area contributed by atoms with Crippen molar-refractivity contribution >= 4 is 27.5 Å². The monoisotopic (exact) mass is 591 g/mol. The molecule has 9 heteroatoms. The van der Waals surface area contributed by atoms with E-state index in [1.54, 1.807) is 62.6 Å². The molecule has 0 radical (unpaired) electrons. The molecule has 0 unspecified atom stereocenters. The molecular weight excluding hydrogens is 550 g/mol. The van der Waals surface area contributed by atoms with E-state index in [2.05, 4.69) is 5.32 Å². The number of sulfonamides is 1. The summed E-state index contributed by atoms with van der Waals surface area (Å²) in [7, 11) is -2.52. The number of benzene rings is 3. The number of nitrogens with zero attached hydrogens (tertiary/aromatic N) is 2. The number of rotatable bonds is 11. The largest absolute Gasteiger partial charge is 0.497 e. The molecule has 0 aromatic heterocycles. The molecule has 1 saturated carbocycles. The minimum atomic E-state index is -4.10. The van der Waals surface area contributed by atoms with Crippen LogP contribution in [-0.4, -0.2) is 50.9 Å². The number of nitrogens with one attached hydrogen (secondary N) is 1. The molecule has 42 heavy (non-hydrogen) atoms. The van der Waals surface area contributed by atoms with Gasteiger partial charge >= 0.3 is 0 Å². The molecule has 2 amide bonds. The number of hydrogen-bond acceptors (Lipinski definition) is 5. The van der Waals surface area contributed by atoms with Crippen molar-refractivity contribution in [2.75, 3.05) is 18.0 Å². The van der Waals surface area contributed by atoms with Crippen molar-refractivity contribution in [2.24, 2.45) is 0 Å². The molecule has 1 N–H and O–H groups in total. The predicted octanol–water partition coefficient (Wildman–Crippen LogP) is 5.37. The molecule has 0 bridgehead atoms. The molecule has 0 spiro atoms. The van der Waals surface area contributed by atoms with Crippen LogP contribution in [-0.2, 0) is 26.2 Å². The summed E-state index contributed by atoms with van der Waals surface area (Å²) in [5.74, 6) is -0.0433. The second-order valence-electron chi connectivity index (χ2n) is 11.0. The van der Waals surface area contributed by atoms with Gasteiger partial charge in [0, 0.05) is 12.6 Å². The number of ether oxygens (including phenoxy) is 1. The van der Waals surface area contributed by atoms with Crippen LogP contribution in [0.5, 0.6) is 5.75 Å². The summed E-state index contributed by atoms with van der Waals surface area (Å²) in [6.07, 6.45) is 5.13. The summed E-state index contributed by atoms with van der Waals surface area (Å²) in [6, 6.07) is 20.2. The average Bonchev–Trinajstić information content (AvgIpc) is 2.99. The molecule has 1 fully saturated rings. The van der Waals surface area contributed by atoms with E-state index in [4.69, 9.17) is 4.74 Å². The van der Waals surface area contributed by atoms with Crippen molar-refractivity contribution in [1.29, 1.82) is 0 Å². The lowest BCUT2D eigenvalue weighted by molar-refractivity contribution is -0.139. The van der Waals surface area contributed by atoms with Crippen LogP contribution >= 0.6 is 0 Å². The second kappa shape index (κ2) is 13.9. The average molecular weight is 592 g/mol. The Kier molecular flexibility index (Phi) is 10.3. The fourth-order valence-electron chi connectivity index (χ4n) is 5.27. The lowest BCUT2D eigenvalue weighted by atomic mass is 9.95. The van der Waals surface area contributed by atoms with Gasteiger partial charge in [-0.3, -0.25) is 13.9 Å². The maximum atomic E-state index is 14.2. The van der Waals surface area contributed by atoms with E-state index in [0.29, 0.717) is 17.0 Å². The van der Waals surface area contributed by atoms with Crippen LogP contribution in [0.1, 0.15) is 55.7 Å². The van der Waals surface area contributed by atoms with E-state index in [-0.39, 0.29) is 23.4 Å². The summed E-state index contributed by atoms with van der Waals surface area (Å²) in [5.41, 5.74) is 2.85. The maximum Gasteiger partial charge on any atom is 0.264 e. The molecule has 0 heterocycles. The van der Waals surface area contributed by atoms with Gasteiger partial charge in [-0.2, -0.15) is 0 Å². The van der Waals surface area contributed by atoms with Gasteiger partial charge in [0.1, 0.15) is 18.3 Å². The summed E-state index contributed by atoms with van der Waals surface area (Å²) in [4.78, 5) is 29.2. The van der Waals surface area contributed by atoms with Crippen molar-refractivity contribution in [3.8, 4) is 5.75 Å². The summed E-state index contributed by atoms with van der Waals surface area (Å²) in [5, 5.41) is 3.13. The molecule has 1 aliphatic carbocycles.